The van der Waals surface area contributed by atoms with E-state index in [1.807, 2.05) is 0 Å². The molecule has 108 valence electrons. The van der Waals surface area contributed by atoms with Crippen LogP contribution in [-0.4, -0.2) is 46.7 Å². The van der Waals surface area contributed by atoms with Gasteiger partial charge in [-0.05, 0) is 12.8 Å². The van der Waals surface area contributed by atoms with Gasteiger partial charge < -0.3 is 19.2 Å². The molecular formula is C13H16N2O5. The molecule has 2 heterocycles. The molecule has 0 spiro atoms. The minimum atomic E-state index is -1.10. The SMILES string of the molecule is C=CCOC(=O)N1CCC(c2ocnc2C(=O)O)CC1. The Labute approximate surface area is 115 Å². The maximum atomic E-state index is 11.7. The third-order valence-electron chi connectivity index (χ3n) is 3.25. The third kappa shape index (κ3) is 2.98. The number of likely N-dealkylation sites (tertiary alicyclic amines) is 1. The van der Waals surface area contributed by atoms with E-state index >= 15 is 0 Å². The topological polar surface area (TPSA) is 92.9 Å². The maximum absolute atomic E-state index is 11.7. The average Bonchev–Trinajstić information content (AvgIpc) is 2.94. The van der Waals surface area contributed by atoms with Gasteiger partial charge >= 0.3 is 12.1 Å². The van der Waals surface area contributed by atoms with Crippen LogP contribution in [-0.2, 0) is 4.74 Å². The number of carbonyl (C=O) groups excluding carboxylic acids is 1. The zero-order valence-electron chi connectivity index (χ0n) is 10.9. The summed E-state index contributed by atoms with van der Waals surface area (Å²) in [5, 5.41) is 9.01. The molecule has 1 aliphatic rings. The zero-order valence-corrected chi connectivity index (χ0v) is 10.9. The first-order valence-corrected chi connectivity index (χ1v) is 6.32. The lowest BCUT2D eigenvalue weighted by molar-refractivity contribution is 0.0684. The highest BCUT2D eigenvalue weighted by atomic mass is 16.6. The molecule has 1 N–H and O–H groups in total. The monoisotopic (exact) mass is 280 g/mol. The molecule has 1 aromatic rings. The van der Waals surface area contributed by atoms with E-state index in [2.05, 4.69) is 11.6 Å². The maximum Gasteiger partial charge on any atom is 0.410 e. The van der Waals surface area contributed by atoms with Crippen molar-refractivity contribution in [1.82, 2.24) is 9.88 Å². The summed E-state index contributed by atoms with van der Waals surface area (Å²) in [7, 11) is 0. The minimum Gasteiger partial charge on any atom is -0.476 e. The van der Waals surface area contributed by atoms with Gasteiger partial charge in [0.15, 0.2) is 12.1 Å². The summed E-state index contributed by atoms with van der Waals surface area (Å²) in [5.74, 6) is -0.745. The number of oxazole rings is 1. The van der Waals surface area contributed by atoms with Gasteiger partial charge in [0, 0.05) is 19.0 Å². The second kappa shape index (κ2) is 6.23. The summed E-state index contributed by atoms with van der Waals surface area (Å²) in [6.45, 7) is 4.66. The first-order valence-electron chi connectivity index (χ1n) is 6.32. The molecule has 0 atom stereocenters. The van der Waals surface area contributed by atoms with Crippen molar-refractivity contribution in [2.45, 2.75) is 18.8 Å². The fraction of sp³-hybridized carbons (Fsp3) is 0.462. The van der Waals surface area contributed by atoms with E-state index in [1.165, 1.54) is 6.08 Å². The Morgan fingerprint density at radius 1 is 1.55 bits per heavy atom. The molecule has 0 saturated carbocycles. The van der Waals surface area contributed by atoms with Crippen molar-refractivity contribution in [3.8, 4) is 0 Å². The van der Waals surface area contributed by atoms with Crippen molar-refractivity contribution in [2.24, 2.45) is 0 Å². The van der Waals surface area contributed by atoms with Crippen LogP contribution in [0.4, 0.5) is 4.79 Å². The lowest BCUT2D eigenvalue weighted by atomic mass is 9.93. The summed E-state index contributed by atoms with van der Waals surface area (Å²) in [5.41, 5.74) is -0.0438. The van der Waals surface area contributed by atoms with E-state index in [4.69, 9.17) is 14.3 Å². The molecule has 2 rings (SSSR count). The minimum absolute atomic E-state index is 0.0351. The molecular weight excluding hydrogens is 264 g/mol. The first kappa shape index (κ1) is 14.1. The Bertz CT molecular complexity index is 503. The van der Waals surface area contributed by atoms with E-state index in [0.29, 0.717) is 31.7 Å². The van der Waals surface area contributed by atoms with Gasteiger partial charge in [-0.1, -0.05) is 12.7 Å². The molecule has 7 nitrogen and oxygen atoms in total. The number of hydrogen-bond donors (Lipinski definition) is 1. The number of nitrogens with zero attached hydrogens (tertiary/aromatic N) is 2. The fourth-order valence-corrected chi connectivity index (χ4v) is 2.25. The lowest BCUT2D eigenvalue weighted by Crippen LogP contribution is -2.38. The molecule has 1 aliphatic heterocycles. The van der Waals surface area contributed by atoms with Gasteiger partial charge in [-0.15, -0.1) is 0 Å². The standard InChI is InChI=1S/C13H16N2O5/c1-2-7-19-13(18)15-5-3-9(4-6-15)11-10(12(16)17)14-8-20-11/h2,8-9H,1,3-7H2,(H,16,17). The van der Waals surface area contributed by atoms with Crippen molar-refractivity contribution in [1.29, 1.82) is 0 Å². The predicted octanol–water partition coefficient (Wildman–Crippen LogP) is 1.87. The Kier molecular flexibility index (Phi) is 4.39. The molecule has 20 heavy (non-hydrogen) atoms. The van der Waals surface area contributed by atoms with Gasteiger partial charge in [-0.2, -0.15) is 0 Å². The van der Waals surface area contributed by atoms with Crippen LogP contribution in [0.3, 0.4) is 0 Å². The molecule has 0 aliphatic carbocycles. The van der Waals surface area contributed by atoms with Crippen molar-refractivity contribution < 1.29 is 23.8 Å². The Hall–Kier alpha value is -2.31. The predicted molar refractivity (Wildman–Crippen MR) is 68.6 cm³/mol. The molecule has 1 saturated heterocycles. The highest BCUT2D eigenvalue weighted by Crippen LogP contribution is 2.30. The Morgan fingerprint density at radius 3 is 2.85 bits per heavy atom. The van der Waals surface area contributed by atoms with Crippen LogP contribution in [0, 0.1) is 0 Å². The van der Waals surface area contributed by atoms with Crippen molar-refractivity contribution >= 4 is 12.1 Å². The number of hydrogen-bond acceptors (Lipinski definition) is 5. The van der Waals surface area contributed by atoms with Gasteiger partial charge in [-0.3, -0.25) is 0 Å². The number of amides is 1. The van der Waals surface area contributed by atoms with Crippen LogP contribution in [0.25, 0.3) is 0 Å². The zero-order chi connectivity index (χ0) is 14.5. The number of aromatic carboxylic acids is 1. The summed E-state index contributed by atoms with van der Waals surface area (Å²) >= 11 is 0. The van der Waals surface area contributed by atoms with Crippen LogP contribution in [0.1, 0.15) is 35.0 Å². The summed E-state index contributed by atoms with van der Waals surface area (Å²) in [6.07, 6.45) is 3.53. The van der Waals surface area contributed by atoms with E-state index in [-0.39, 0.29) is 24.3 Å². The van der Waals surface area contributed by atoms with Crippen LogP contribution in [0.2, 0.25) is 0 Å². The molecule has 1 amide bonds. The largest absolute Gasteiger partial charge is 0.476 e. The quantitative estimate of drug-likeness (QED) is 0.846. The van der Waals surface area contributed by atoms with Crippen molar-refractivity contribution in [2.75, 3.05) is 19.7 Å². The van der Waals surface area contributed by atoms with Crippen molar-refractivity contribution in [3.05, 3.63) is 30.5 Å². The summed E-state index contributed by atoms with van der Waals surface area (Å²) < 4.78 is 10.1. The Balaban J connectivity index is 1.94. The highest BCUT2D eigenvalue weighted by Gasteiger charge is 2.30. The number of carbonyl (C=O) groups is 2. The van der Waals surface area contributed by atoms with Gasteiger partial charge in [0.2, 0.25) is 0 Å². The average molecular weight is 280 g/mol. The van der Waals surface area contributed by atoms with Crippen LogP contribution in [0.15, 0.2) is 23.5 Å². The second-order valence-corrected chi connectivity index (χ2v) is 4.50. The van der Waals surface area contributed by atoms with Gasteiger partial charge in [-0.25, -0.2) is 14.6 Å². The number of ether oxygens (including phenoxy) is 1. The molecule has 0 bridgehead atoms. The smallest absolute Gasteiger partial charge is 0.410 e. The number of rotatable bonds is 4. The highest BCUT2D eigenvalue weighted by molar-refractivity contribution is 5.86. The number of aromatic nitrogens is 1. The van der Waals surface area contributed by atoms with Gasteiger partial charge in [0.1, 0.15) is 12.4 Å². The molecule has 0 unspecified atom stereocenters. The Morgan fingerprint density at radius 2 is 2.25 bits per heavy atom. The molecule has 1 aromatic heterocycles. The summed E-state index contributed by atoms with van der Waals surface area (Å²) in [4.78, 5) is 27.9. The molecule has 0 radical (unpaired) electrons. The number of piperidine rings is 1. The number of carboxylic acids is 1. The molecule has 0 aromatic carbocycles. The van der Waals surface area contributed by atoms with E-state index in [0.717, 1.165) is 6.39 Å². The number of carboxylic acid groups (broad SMARTS) is 1. The van der Waals surface area contributed by atoms with Crippen LogP contribution in [0.5, 0.6) is 0 Å². The summed E-state index contributed by atoms with van der Waals surface area (Å²) in [6, 6.07) is 0. The van der Waals surface area contributed by atoms with Crippen molar-refractivity contribution in [3.63, 3.8) is 0 Å². The van der Waals surface area contributed by atoms with E-state index < -0.39 is 5.97 Å². The first-order chi connectivity index (χ1) is 9.63. The molecule has 7 heteroatoms. The van der Waals surface area contributed by atoms with Gasteiger partial charge in [0.05, 0.1) is 0 Å². The normalized spacial score (nSPS) is 15.9. The second-order valence-electron chi connectivity index (χ2n) is 4.50. The van der Waals surface area contributed by atoms with Gasteiger partial charge in [0.25, 0.3) is 0 Å². The van der Waals surface area contributed by atoms with E-state index in [9.17, 15) is 9.59 Å². The van der Waals surface area contributed by atoms with E-state index in [1.54, 1.807) is 4.90 Å². The molecule has 1 fully saturated rings. The van der Waals surface area contributed by atoms with Crippen LogP contribution >= 0.6 is 0 Å². The lowest BCUT2D eigenvalue weighted by Gasteiger charge is -2.30. The van der Waals surface area contributed by atoms with Crippen LogP contribution < -0.4 is 0 Å². The fourth-order valence-electron chi connectivity index (χ4n) is 2.25. The third-order valence-corrected chi connectivity index (χ3v) is 3.25.